The molecule has 0 radical (unpaired) electrons. The summed E-state index contributed by atoms with van der Waals surface area (Å²) in [6, 6.07) is 15.3. The molecule has 0 bridgehead atoms. The third-order valence-corrected chi connectivity index (χ3v) is 7.26. The molecule has 0 saturated carbocycles. The Bertz CT molecular complexity index is 1670. The van der Waals surface area contributed by atoms with E-state index >= 15 is 0 Å². The van der Waals surface area contributed by atoms with Crippen molar-refractivity contribution in [3.05, 3.63) is 106 Å². The van der Waals surface area contributed by atoms with E-state index in [0.29, 0.717) is 12.2 Å². The van der Waals surface area contributed by atoms with Gasteiger partial charge in [-0.25, -0.2) is 13.1 Å². The smallest absolute Gasteiger partial charge is 0.270 e. The van der Waals surface area contributed by atoms with Crippen LogP contribution in [-0.4, -0.2) is 30.9 Å². The average molecular weight is 536 g/mol. The topological polar surface area (TPSA) is 130 Å². The summed E-state index contributed by atoms with van der Waals surface area (Å²) in [5.74, 6) is -0.389. The first-order chi connectivity index (χ1) is 18.1. The van der Waals surface area contributed by atoms with Crippen LogP contribution in [0, 0.1) is 10.1 Å². The molecule has 38 heavy (non-hydrogen) atoms. The van der Waals surface area contributed by atoms with E-state index in [1.165, 1.54) is 55.8 Å². The maximum absolute atomic E-state index is 12.9. The number of nitro groups is 1. The van der Waals surface area contributed by atoms with Gasteiger partial charge >= 0.3 is 0 Å². The molecule has 4 rings (SSSR count). The lowest BCUT2D eigenvalue weighted by Gasteiger charge is -2.13. The zero-order chi connectivity index (χ0) is 27.4. The fraction of sp³-hybridized carbons (Fsp3) is 0.148. The molecule has 0 aliphatic heterocycles. The number of fused-ring (bicyclic) bond motifs is 1. The molecule has 1 N–H and O–H groups in total. The maximum atomic E-state index is 12.9. The Hall–Kier alpha value is -4.64. The normalized spacial score (nSPS) is 11.6. The van der Waals surface area contributed by atoms with Crippen LogP contribution in [0.15, 0.2) is 84.1 Å². The van der Waals surface area contributed by atoms with Gasteiger partial charge in [-0.2, -0.15) is 0 Å². The molecule has 0 fully saturated rings. The molecule has 0 aliphatic rings. The fourth-order valence-electron chi connectivity index (χ4n) is 4.10. The van der Waals surface area contributed by atoms with Crippen molar-refractivity contribution in [1.29, 1.82) is 0 Å². The largest absolute Gasteiger partial charge is 0.496 e. The van der Waals surface area contributed by atoms with Gasteiger partial charge in [-0.3, -0.25) is 14.9 Å². The Morgan fingerprint density at radius 2 is 1.84 bits per heavy atom. The van der Waals surface area contributed by atoms with Crippen LogP contribution >= 0.6 is 0 Å². The summed E-state index contributed by atoms with van der Waals surface area (Å²) in [6.45, 7) is 1.72. The number of aryl methyl sites for hydroxylation is 1. The highest BCUT2D eigenvalue weighted by molar-refractivity contribution is 7.90. The van der Waals surface area contributed by atoms with Crippen LogP contribution in [0.2, 0.25) is 0 Å². The van der Waals surface area contributed by atoms with Crippen molar-refractivity contribution < 1.29 is 27.6 Å². The molecule has 0 unspecified atom stereocenters. The van der Waals surface area contributed by atoms with E-state index in [0.717, 1.165) is 22.0 Å². The van der Waals surface area contributed by atoms with Gasteiger partial charge < -0.3 is 14.0 Å². The van der Waals surface area contributed by atoms with Gasteiger partial charge in [0.2, 0.25) is 0 Å². The molecule has 0 spiro atoms. The Labute approximate surface area is 219 Å². The molecule has 1 heterocycles. The van der Waals surface area contributed by atoms with Gasteiger partial charge in [0, 0.05) is 48.3 Å². The standard InChI is InChI=1S/C27H25N3O7S/c1-4-13-37-24-7-5-6-8-26(24)38(34,35)28-27(31)19-10-9-18(25(15-19)36-3)14-20-17-29(2)23-12-11-21(30(32)33)16-22(20)23/h4-13,15-17H,14H2,1-3H3,(H,28,31). The van der Waals surface area contributed by atoms with Gasteiger partial charge in [-0.15, -0.1) is 0 Å². The number of amides is 1. The van der Waals surface area contributed by atoms with E-state index < -0.39 is 20.9 Å². The summed E-state index contributed by atoms with van der Waals surface area (Å²) in [6.07, 6.45) is 5.20. The predicted octanol–water partition coefficient (Wildman–Crippen LogP) is 4.72. The second-order valence-corrected chi connectivity index (χ2v) is 10.0. The molecule has 1 aromatic heterocycles. The summed E-state index contributed by atoms with van der Waals surface area (Å²) >= 11 is 0. The van der Waals surface area contributed by atoms with Crippen LogP contribution in [0.4, 0.5) is 5.69 Å². The number of rotatable bonds is 9. The lowest BCUT2D eigenvalue weighted by atomic mass is 10.0. The number of methoxy groups -OCH3 is 1. The fourth-order valence-corrected chi connectivity index (χ4v) is 5.21. The van der Waals surface area contributed by atoms with Gasteiger partial charge in [-0.1, -0.05) is 24.3 Å². The molecule has 0 atom stereocenters. The number of para-hydroxylation sites is 1. The van der Waals surface area contributed by atoms with Gasteiger partial charge in [0.25, 0.3) is 21.6 Å². The summed E-state index contributed by atoms with van der Waals surface area (Å²) in [5.41, 5.74) is 2.46. The molecule has 0 saturated heterocycles. The van der Waals surface area contributed by atoms with Crippen LogP contribution in [0.3, 0.4) is 0 Å². The minimum absolute atomic E-state index is 0.0113. The van der Waals surface area contributed by atoms with E-state index in [1.54, 1.807) is 31.2 Å². The van der Waals surface area contributed by atoms with Crippen LogP contribution in [0.25, 0.3) is 10.9 Å². The van der Waals surface area contributed by atoms with E-state index in [1.807, 2.05) is 17.8 Å². The van der Waals surface area contributed by atoms with Gasteiger partial charge in [0.15, 0.2) is 0 Å². The zero-order valence-corrected chi connectivity index (χ0v) is 21.7. The number of hydrogen-bond acceptors (Lipinski definition) is 7. The van der Waals surface area contributed by atoms with Crippen molar-refractivity contribution in [2.45, 2.75) is 18.2 Å². The van der Waals surface area contributed by atoms with Crippen molar-refractivity contribution in [3.63, 3.8) is 0 Å². The number of non-ortho nitro benzene ring substituents is 1. The molecule has 196 valence electrons. The van der Waals surface area contributed by atoms with Crippen molar-refractivity contribution in [1.82, 2.24) is 9.29 Å². The SMILES string of the molecule is CC=COc1ccccc1S(=O)(=O)NC(=O)c1ccc(Cc2cn(C)c3ccc([N+](=O)[O-])cc23)c(OC)c1. The molecule has 4 aromatic rings. The van der Waals surface area contributed by atoms with Crippen molar-refractivity contribution in [3.8, 4) is 11.5 Å². The highest BCUT2D eigenvalue weighted by Gasteiger charge is 2.23. The lowest BCUT2D eigenvalue weighted by molar-refractivity contribution is -0.384. The Morgan fingerprint density at radius 1 is 1.08 bits per heavy atom. The minimum Gasteiger partial charge on any atom is -0.496 e. The van der Waals surface area contributed by atoms with E-state index in [2.05, 4.69) is 4.72 Å². The number of nitro benzene ring substituents is 1. The van der Waals surface area contributed by atoms with Gasteiger partial charge in [0.1, 0.15) is 16.4 Å². The number of nitrogens with zero attached hydrogens (tertiary/aromatic N) is 2. The first kappa shape index (κ1) is 26.4. The zero-order valence-electron chi connectivity index (χ0n) is 20.9. The molecular weight excluding hydrogens is 510 g/mol. The number of hydrogen-bond donors (Lipinski definition) is 1. The van der Waals surface area contributed by atoms with Crippen molar-refractivity contribution in [2.24, 2.45) is 7.05 Å². The first-order valence-corrected chi connectivity index (χ1v) is 13.0. The Morgan fingerprint density at radius 3 is 2.55 bits per heavy atom. The van der Waals surface area contributed by atoms with E-state index in [4.69, 9.17) is 9.47 Å². The molecule has 1 amide bonds. The van der Waals surface area contributed by atoms with Crippen molar-refractivity contribution in [2.75, 3.05) is 7.11 Å². The van der Waals surface area contributed by atoms with Crippen LogP contribution in [0.1, 0.15) is 28.4 Å². The number of ether oxygens (including phenoxy) is 2. The maximum Gasteiger partial charge on any atom is 0.270 e. The van der Waals surface area contributed by atoms with Gasteiger partial charge in [-0.05, 0) is 48.4 Å². The lowest BCUT2D eigenvalue weighted by Crippen LogP contribution is -2.30. The number of allylic oxidation sites excluding steroid dienone is 1. The summed E-state index contributed by atoms with van der Waals surface area (Å²) in [7, 11) is -0.941. The van der Waals surface area contributed by atoms with Gasteiger partial charge in [0.05, 0.1) is 18.3 Å². The predicted molar refractivity (Wildman–Crippen MR) is 142 cm³/mol. The average Bonchev–Trinajstić information content (AvgIpc) is 3.21. The number of carbonyl (C=O) groups is 1. The third kappa shape index (κ3) is 5.37. The quantitative estimate of drug-likeness (QED) is 0.186. The highest BCUT2D eigenvalue weighted by Crippen LogP contribution is 2.30. The molecule has 0 aliphatic carbocycles. The Balaban J connectivity index is 1.61. The Kier molecular flexibility index (Phi) is 7.49. The second kappa shape index (κ2) is 10.8. The molecule has 11 heteroatoms. The monoisotopic (exact) mass is 535 g/mol. The minimum atomic E-state index is -4.24. The number of benzene rings is 3. The second-order valence-electron chi connectivity index (χ2n) is 8.40. The van der Waals surface area contributed by atoms with E-state index in [9.17, 15) is 23.3 Å². The molecule has 10 nitrogen and oxygen atoms in total. The number of carbonyl (C=O) groups excluding carboxylic acids is 1. The summed E-state index contributed by atoms with van der Waals surface area (Å²) in [4.78, 5) is 23.6. The number of nitrogens with one attached hydrogen (secondary N) is 1. The molecule has 3 aromatic carbocycles. The van der Waals surface area contributed by atoms with Crippen LogP contribution < -0.4 is 14.2 Å². The summed E-state index contributed by atoms with van der Waals surface area (Å²) in [5, 5.41) is 12.0. The summed E-state index contributed by atoms with van der Waals surface area (Å²) < 4.78 is 40.7. The van der Waals surface area contributed by atoms with Crippen LogP contribution in [-0.2, 0) is 23.5 Å². The third-order valence-electron chi connectivity index (χ3n) is 5.89. The number of sulfonamides is 1. The molecular formula is C27H25N3O7S. The first-order valence-electron chi connectivity index (χ1n) is 11.5. The highest BCUT2D eigenvalue weighted by atomic mass is 32.2. The van der Waals surface area contributed by atoms with Crippen LogP contribution in [0.5, 0.6) is 11.5 Å². The van der Waals surface area contributed by atoms with E-state index in [-0.39, 0.29) is 21.9 Å². The number of aromatic nitrogens is 1. The van der Waals surface area contributed by atoms with Crippen molar-refractivity contribution >= 4 is 32.5 Å².